The molecule has 7 heteroatoms. The molecule has 0 aromatic rings. The predicted octanol–water partition coefficient (Wildman–Crippen LogP) is 0.366. The molecule has 0 unspecified atom stereocenters. The van der Waals surface area contributed by atoms with Gasteiger partial charge in [-0.2, -0.15) is 0 Å². The van der Waals surface area contributed by atoms with Crippen molar-refractivity contribution in [2.24, 2.45) is 0 Å². The maximum absolute atomic E-state index is 10.8. The number of hydrogen-bond donors (Lipinski definition) is 0. The van der Waals surface area contributed by atoms with Crippen LogP contribution >= 0.6 is 0 Å². The van der Waals surface area contributed by atoms with Crippen LogP contribution in [0.4, 0.5) is 8.28 Å². The van der Waals surface area contributed by atoms with Crippen molar-refractivity contribution in [1.29, 1.82) is 0 Å². The molecule has 64 valence electrons. The van der Waals surface area contributed by atoms with Crippen molar-refractivity contribution in [2.45, 2.75) is 6.92 Å². The molecule has 0 aliphatic heterocycles. The van der Waals surface area contributed by atoms with E-state index in [9.17, 15) is 8.28 Å². The van der Waals surface area contributed by atoms with Crippen LogP contribution in [-0.4, -0.2) is 26.4 Å². The highest BCUT2D eigenvalue weighted by Gasteiger charge is 1.73. The largest absolute Gasteiger partial charge is 0.722 e. The molecule has 0 aliphatic carbocycles. The molecule has 0 fully saturated rings. The number of alkyl halides is 1. The van der Waals surface area contributed by atoms with Crippen molar-refractivity contribution < 1.29 is 26.0 Å². The fourth-order valence-corrected chi connectivity index (χ4v) is 0.0772. The predicted molar refractivity (Wildman–Crippen MR) is 28.4 cm³/mol. The fraction of sp³-hybridized carbons (Fsp3) is 1.00. The Morgan fingerprint density at radius 2 is 1.90 bits per heavy atom. The summed E-state index contributed by atoms with van der Waals surface area (Å²) in [6.07, 6.45) is 0. The monoisotopic (exact) mass is 177 g/mol. The molecule has 0 heterocycles. The molecule has 0 spiro atoms. The summed E-state index contributed by atoms with van der Waals surface area (Å²) in [7, 11) is -5.42. The van der Waals surface area contributed by atoms with E-state index in [4.69, 9.17) is 13.0 Å². The fourth-order valence-electron chi connectivity index (χ4n) is 0.0772. The van der Waals surface area contributed by atoms with Crippen LogP contribution in [-0.2, 0) is 15.2 Å². The maximum Gasteiger partial charge on any atom is 0.255 e. The quantitative estimate of drug-likeness (QED) is 0.451. The van der Waals surface area contributed by atoms with Crippen molar-refractivity contribution in [2.75, 3.05) is 13.5 Å². The summed E-state index contributed by atoms with van der Waals surface area (Å²) in [5.41, 5.74) is 0. The van der Waals surface area contributed by atoms with Gasteiger partial charge in [0.05, 0.1) is 0 Å². The van der Waals surface area contributed by atoms with Crippen LogP contribution in [0.2, 0.25) is 0 Å². The molecule has 0 aliphatic rings. The van der Waals surface area contributed by atoms with Crippen molar-refractivity contribution in [3.8, 4) is 0 Å². The number of rotatable bonds is 2. The van der Waals surface area contributed by atoms with Gasteiger partial charge in [-0.15, -0.1) is 3.89 Å². The summed E-state index contributed by atoms with van der Waals surface area (Å²) < 4.78 is 50.3. The third kappa shape index (κ3) is 117. The van der Waals surface area contributed by atoms with Crippen LogP contribution < -0.4 is 0 Å². The van der Waals surface area contributed by atoms with E-state index >= 15 is 0 Å². The Labute approximate surface area is 57.8 Å². The summed E-state index contributed by atoms with van der Waals surface area (Å²) in [5.74, 6) is 0. The zero-order chi connectivity index (χ0) is 8.62. The second-order valence-corrected chi connectivity index (χ2v) is 1.78. The molecule has 0 saturated carbocycles. The van der Waals surface area contributed by atoms with E-state index in [1.54, 1.807) is 6.92 Å². The molecule has 4 nitrogen and oxygen atoms in total. The lowest BCUT2D eigenvalue weighted by Gasteiger charge is -1.84. The van der Waals surface area contributed by atoms with E-state index < -0.39 is 17.4 Å². The van der Waals surface area contributed by atoms with Gasteiger partial charge in [-0.1, -0.05) is 0 Å². The van der Waals surface area contributed by atoms with Gasteiger partial charge in [-0.05, 0) is 6.92 Å². The smallest absolute Gasteiger partial charge is 0.255 e. The Kier molecular flexibility index (Phi) is 8.49. The first kappa shape index (κ1) is 12.4. The van der Waals surface area contributed by atoms with Crippen molar-refractivity contribution in [1.82, 2.24) is 0 Å². The SMILES string of the molecule is CCOCF.O=S(=O)([O-])F. The Morgan fingerprint density at radius 1 is 1.60 bits per heavy atom. The second-order valence-electron chi connectivity index (χ2n) is 0.995. The number of halogens is 2. The highest BCUT2D eigenvalue weighted by Crippen LogP contribution is 1.73. The van der Waals surface area contributed by atoms with E-state index in [1.165, 1.54) is 0 Å². The van der Waals surface area contributed by atoms with Crippen molar-refractivity contribution >= 4 is 10.5 Å². The van der Waals surface area contributed by atoms with E-state index in [0.29, 0.717) is 6.61 Å². The lowest BCUT2D eigenvalue weighted by atomic mass is 10.9. The zero-order valence-corrected chi connectivity index (χ0v) is 6.03. The minimum atomic E-state index is -5.42. The normalized spacial score (nSPS) is 10.0. The number of ether oxygens (including phenoxy) is 1. The molecule has 0 N–H and O–H groups in total. The summed E-state index contributed by atoms with van der Waals surface area (Å²) >= 11 is 0. The van der Waals surface area contributed by atoms with Crippen LogP contribution in [0.25, 0.3) is 0 Å². The van der Waals surface area contributed by atoms with Gasteiger partial charge in [-0.3, -0.25) is 0 Å². The molecule has 0 aromatic carbocycles. The first-order chi connectivity index (χ1) is 4.41. The minimum absolute atomic E-state index is 0.469. The average molecular weight is 177 g/mol. The highest BCUT2D eigenvalue weighted by molar-refractivity contribution is 7.80. The molecule has 0 rings (SSSR count). The molecule has 0 saturated heterocycles. The van der Waals surface area contributed by atoms with Gasteiger partial charge >= 0.3 is 0 Å². The van der Waals surface area contributed by atoms with E-state index in [2.05, 4.69) is 4.74 Å². The third-order valence-corrected chi connectivity index (χ3v) is 0.281. The lowest BCUT2D eigenvalue weighted by molar-refractivity contribution is 0.0672. The molecule has 0 bridgehead atoms. The van der Waals surface area contributed by atoms with Crippen LogP contribution in [0.15, 0.2) is 0 Å². The Balaban J connectivity index is 0. The van der Waals surface area contributed by atoms with E-state index in [1.807, 2.05) is 0 Å². The molecular weight excluding hydrogens is 170 g/mol. The van der Waals surface area contributed by atoms with Gasteiger partial charge in [0.1, 0.15) is 0 Å². The third-order valence-electron chi connectivity index (χ3n) is 0.281. The summed E-state index contributed by atoms with van der Waals surface area (Å²) in [6.45, 7) is 1.56. The first-order valence-electron chi connectivity index (χ1n) is 2.21. The minimum Gasteiger partial charge on any atom is -0.722 e. The molecule has 10 heavy (non-hydrogen) atoms. The van der Waals surface area contributed by atoms with Gasteiger partial charge in [0, 0.05) is 6.61 Å². The van der Waals surface area contributed by atoms with Crippen LogP contribution in [0.1, 0.15) is 6.92 Å². The summed E-state index contributed by atoms with van der Waals surface area (Å²) in [5, 5.41) is 0. The Hall–Kier alpha value is -0.270. The molecular formula is C3H7F2O4S-. The van der Waals surface area contributed by atoms with Crippen molar-refractivity contribution in [3.63, 3.8) is 0 Å². The van der Waals surface area contributed by atoms with Crippen LogP contribution in [0.5, 0.6) is 0 Å². The van der Waals surface area contributed by atoms with Gasteiger partial charge in [0.25, 0.3) is 10.5 Å². The highest BCUT2D eigenvalue weighted by atomic mass is 32.3. The van der Waals surface area contributed by atoms with Crippen molar-refractivity contribution in [3.05, 3.63) is 0 Å². The van der Waals surface area contributed by atoms with Gasteiger partial charge in [0.2, 0.25) is 0 Å². The maximum atomic E-state index is 10.8. The first-order valence-corrected chi connectivity index (χ1v) is 3.51. The molecule has 0 radical (unpaired) electrons. The standard InChI is InChI=1S/C3H7FO.FHO3S/c1-2-5-3-4;1-5(2,3)4/h2-3H2,1H3;(H,2,3,4)/p-1. The van der Waals surface area contributed by atoms with Gasteiger partial charge in [-0.25, -0.2) is 12.8 Å². The van der Waals surface area contributed by atoms with Crippen LogP contribution in [0, 0.1) is 0 Å². The molecule has 0 atom stereocenters. The van der Waals surface area contributed by atoms with Crippen LogP contribution in [0.3, 0.4) is 0 Å². The summed E-state index contributed by atoms with van der Waals surface area (Å²) in [4.78, 5) is 0. The zero-order valence-electron chi connectivity index (χ0n) is 5.21. The van der Waals surface area contributed by atoms with E-state index in [-0.39, 0.29) is 0 Å². The lowest BCUT2D eigenvalue weighted by Crippen LogP contribution is -1.82. The Morgan fingerprint density at radius 3 is 1.90 bits per heavy atom. The van der Waals surface area contributed by atoms with E-state index in [0.717, 1.165) is 0 Å². The van der Waals surface area contributed by atoms with Gasteiger partial charge < -0.3 is 9.29 Å². The summed E-state index contributed by atoms with van der Waals surface area (Å²) in [6, 6.07) is 0. The average Bonchev–Trinajstić information content (AvgIpc) is 1.63. The molecule has 0 aromatic heterocycles. The molecule has 0 amide bonds. The van der Waals surface area contributed by atoms with Gasteiger partial charge in [0.15, 0.2) is 6.86 Å². The number of hydrogen-bond acceptors (Lipinski definition) is 4. The topological polar surface area (TPSA) is 66.4 Å². The second kappa shape index (κ2) is 6.84. The Bertz CT molecular complexity index is 133.